The lowest BCUT2D eigenvalue weighted by Gasteiger charge is -2.19. The van der Waals surface area contributed by atoms with Crippen LogP contribution in [0.25, 0.3) is 0 Å². The molecule has 1 rings (SSSR count). The van der Waals surface area contributed by atoms with Gasteiger partial charge in [0.15, 0.2) is 0 Å². The predicted molar refractivity (Wildman–Crippen MR) is 74.1 cm³/mol. The molecule has 0 fully saturated rings. The SMILES string of the molecule is Cc1ncc(CO)c(CNCC(=O)OC(C)(C)C)c1O. The van der Waals surface area contributed by atoms with Gasteiger partial charge in [0.05, 0.1) is 18.8 Å². The highest BCUT2D eigenvalue weighted by Gasteiger charge is 2.16. The van der Waals surface area contributed by atoms with Gasteiger partial charge in [-0.3, -0.25) is 9.78 Å². The zero-order valence-corrected chi connectivity index (χ0v) is 12.4. The Morgan fingerprint density at radius 2 is 2.10 bits per heavy atom. The molecule has 0 aliphatic heterocycles. The molecule has 0 atom stereocenters. The van der Waals surface area contributed by atoms with E-state index in [0.717, 1.165) is 0 Å². The molecule has 0 spiro atoms. The molecule has 3 N–H and O–H groups in total. The summed E-state index contributed by atoms with van der Waals surface area (Å²) in [5.74, 6) is -0.332. The van der Waals surface area contributed by atoms with E-state index in [1.165, 1.54) is 6.20 Å². The van der Waals surface area contributed by atoms with Crippen molar-refractivity contribution >= 4 is 5.97 Å². The van der Waals surface area contributed by atoms with Crippen molar-refractivity contribution in [3.05, 3.63) is 23.0 Å². The van der Waals surface area contributed by atoms with Gasteiger partial charge in [-0.1, -0.05) is 0 Å². The minimum atomic E-state index is -0.523. The van der Waals surface area contributed by atoms with Crippen LogP contribution in [0.4, 0.5) is 0 Å². The summed E-state index contributed by atoms with van der Waals surface area (Å²) in [6, 6.07) is 0. The molecule has 1 heterocycles. The molecule has 20 heavy (non-hydrogen) atoms. The Kier molecular flexibility index (Phi) is 5.47. The summed E-state index contributed by atoms with van der Waals surface area (Å²) >= 11 is 0. The van der Waals surface area contributed by atoms with Crippen LogP contribution in [0.2, 0.25) is 0 Å². The van der Waals surface area contributed by atoms with Crippen molar-refractivity contribution in [3.63, 3.8) is 0 Å². The molecule has 1 aromatic rings. The van der Waals surface area contributed by atoms with Crippen LogP contribution in [0.3, 0.4) is 0 Å². The number of hydrogen-bond donors (Lipinski definition) is 3. The van der Waals surface area contributed by atoms with Crippen LogP contribution < -0.4 is 5.32 Å². The highest BCUT2D eigenvalue weighted by Crippen LogP contribution is 2.23. The maximum absolute atomic E-state index is 11.5. The lowest BCUT2D eigenvalue weighted by Crippen LogP contribution is -2.31. The Morgan fingerprint density at radius 1 is 1.45 bits per heavy atom. The normalized spacial score (nSPS) is 11.4. The number of nitrogens with zero attached hydrogens (tertiary/aromatic N) is 1. The van der Waals surface area contributed by atoms with Crippen molar-refractivity contribution in [1.29, 1.82) is 0 Å². The van der Waals surface area contributed by atoms with Crippen LogP contribution in [-0.4, -0.2) is 33.3 Å². The number of nitrogens with one attached hydrogen (secondary N) is 1. The first kappa shape index (κ1) is 16.4. The highest BCUT2D eigenvalue weighted by molar-refractivity contribution is 5.72. The average Bonchev–Trinajstić information content (AvgIpc) is 2.32. The molecule has 0 aliphatic carbocycles. The predicted octanol–water partition coefficient (Wildman–Crippen LogP) is 1.02. The molecule has 0 aliphatic rings. The van der Waals surface area contributed by atoms with Gasteiger partial charge in [-0.15, -0.1) is 0 Å². The van der Waals surface area contributed by atoms with E-state index in [4.69, 9.17) is 4.74 Å². The van der Waals surface area contributed by atoms with E-state index < -0.39 is 5.60 Å². The molecule has 0 saturated carbocycles. The van der Waals surface area contributed by atoms with Gasteiger partial charge < -0.3 is 20.3 Å². The van der Waals surface area contributed by atoms with Gasteiger partial charge in [0.2, 0.25) is 0 Å². The van der Waals surface area contributed by atoms with Crippen LogP contribution in [0, 0.1) is 6.92 Å². The maximum atomic E-state index is 11.5. The van der Waals surface area contributed by atoms with Crippen LogP contribution in [0.5, 0.6) is 5.75 Å². The van der Waals surface area contributed by atoms with E-state index in [2.05, 4.69) is 10.3 Å². The fourth-order valence-corrected chi connectivity index (χ4v) is 1.68. The van der Waals surface area contributed by atoms with Crippen molar-refractivity contribution in [2.24, 2.45) is 0 Å². The third kappa shape index (κ3) is 4.79. The Balaban J connectivity index is 2.62. The number of pyridine rings is 1. The van der Waals surface area contributed by atoms with Crippen molar-refractivity contribution in [1.82, 2.24) is 10.3 Å². The number of ether oxygens (including phenoxy) is 1. The van der Waals surface area contributed by atoms with E-state index in [1.54, 1.807) is 27.7 Å². The number of aliphatic hydroxyl groups is 1. The van der Waals surface area contributed by atoms with E-state index in [-0.39, 0.29) is 31.4 Å². The fourth-order valence-electron chi connectivity index (χ4n) is 1.68. The number of aromatic nitrogens is 1. The van der Waals surface area contributed by atoms with Gasteiger partial charge in [-0.2, -0.15) is 0 Å². The largest absolute Gasteiger partial charge is 0.506 e. The molecule has 6 nitrogen and oxygen atoms in total. The summed E-state index contributed by atoms with van der Waals surface area (Å²) < 4.78 is 5.16. The molecular formula is C14H22N2O4. The smallest absolute Gasteiger partial charge is 0.320 e. The zero-order chi connectivity index (χ0) is 15.3. The Bertz CT molecular complexity index is 481. The summed E-state index contributed by atoms with van der Waals surface area (Å²) in [5.41, 5.74) is 1.04. The Morgan fingerprint density at radius 3 is 2.65 bits per heavy atom. The van der Waals surface area contributed by atoms with E-state index in [9.17, 15) is 15.0 Å². The van der Waals surface area contributed by atoms with Gasteiger partial charge in [0, 0.05) is 23.9 Å². The quantitative estimate of drug-likeness (QED) is 0.698. The molecular weight excluding hydrogens is 260 g/mol. The number of rotatable bonds is 5. The zero-order valence-electron chi connectivity index (χ0n) is 12.4. The number of carbonyl (C=O) groups excluding carboxylic acids is 1. The first-order valence-corrected chi connectivity index (χ1v) is 6.44. The van der Waals surface area contributed by atoms with E-state index >= 15 is 0 Å². The topological polar surface area (TPSA) is 91.7 Å². The molecule has 6 heteroatoms. The van der Waals surface area contributed by atoms with E-state index in [1.807, 2.05) is 0 Å². The summed E-state index contributed by atoms with van der Waals surface area (Å²) in [7, 11) is 0. The standard InChI is InChI=1S/C14H22N2O4/c1-9-13(19)11(10(8-17)5-16-9)6-15-7-12(18)20-14(2,3)4/h5,15,17,19H,6-8H2,1-4H3. The number of aromatic hydroxyl groups is 1. The van der Waals surface area contributed by atoms with Crippen LogP contribution in [0.15, 0.2) is 6.20 Å². The summed E-state index contributed by atoms with van der Waals surface area (Å²) in [6.45, 7) is 7.14. The summed E-state index contributed by atoms with van der Waals surface area (Å²) in [4.78, 5) is 15.5. The van der Waals surface area contributed by atoms with Crippen molar-refractivity contribution in [2.75, 3.05) is 6.54 Å². The van der Waals surface area contributed by atoms with Gasteiger partial charge in [0.1, 0.15) is 11.4 Å². The van der Waals surface area contributed by atoms with Crippen LogP contribution >= 0.6 is 0 Å². The number of aliphatic hydroxyl groups excluding tert-OH is 1. The molecule has 112 valence electrons. The minimum Gasteiger partial charge on any atom is -0.506 e. The summed E-state index contributed by atoms with van der Waals surface area (Å²) in [5, 5.41) is 22.0. The van der Waals surface area contributed by atoms with Crippen LogP contribution in [-0.2, 0) is 22.7 Å². The lowest BCUT2D eigenvalue weighted by atomic mass is 10.1. The second-order valence-corrected chi connectivity index (χ2v) is 5.54. The third-order valence-electron chi connectivity index (χ3n) is 2.59. The Labute approximate surface area is 118 Å². The number of aryl methyl sites for hydroxylation is 1. The Hall–Kier alpha value is -1.66. The molecule has 1 aromatic heterocycles. The van der Waals surface area contributed by atoms with Crippen molar-refractivity contribution in [3.8, 4) is 5.75 Å². The lowest BCUT2D eigenvalue weighted by molar-refractivity contribution is -0.153. The monoisotopic (exact) mass is 282 g/mol. The molecule has 0 aromatic carbocycles. The van der Waals surface area contributed by atoms with Gasteiger partial charge >= 0.3 is 5.97 Å². The molecule has 0 amide bonds. The molecule has 0 unspecified atom stereocenters. The number of hydrogen-bond acceptors (Lipinski definition) is 6. The van der Waals surface area contributed by atoms with Crippen molar-refractivity contribution in [2.45, 2.75) is 46.4 Å². The highest BCUT2D eigenvalue weighted by atomic mass is 16.6. The number of carbonyl (C=O) groups is 1. The maximum Gasteiger partial charge on any atom is 0.320 e. The molecule has 0 saturated heterocycles. The third-order valence-corrected chi connectivity index (χ3v) is 2.59. The average molecular weight is 282 g/mol. The van der Waals surface area contributed by atoms with Gasteiger partial charge in [-0.25, -0.2) is 0 Å². The van der Waals surface area contributed by atoms with E-state index in [0.29, 0.717) is 16.8 Å². The number of esters is 1. The minimum absolute atomic E-state index is 0.0307. The first-order chi connectivity index (χ1) is 9.24. The fraction of sp³-hybridized carbons (Fsp3) is 0.571. The second-order valence-electron chi connectivity index (χ2n) is 5.54. The molecule has 0 bridgehead atoms. The summed E-state index contributed by atoms with van der Waals surface area (Å²) in [6.07, 6.45) is 1.51. The van der Waals surface area contributed by atoms with Crippen LogP contribution in [0.1, 0.15) is 37.6 Å². The second kappa shape index (κ2) is 6.67. The van der Waals surface area contributed by atoms with Crippen molar-refractivity contribution < 1.29 is 19.7 Å². The molecule has 0 radical (unpaired) electrons. The van der Waals surface area contributed by atoms with Gasteiger partial charge in [-0.05, 0) is 27.7 Å². The first-order valence-electron chi connectivity index (χ1n) is 6.44. The van der Waals surface area contributed by atoms with Gasteiger partial charge in [0.25, 0.3) is 0 Å².